The number of alkyl halides is 1. The van der Waals surface area contributed by atoms with Crippen LogP contribution in [-0.2, 0) is 0 Å². The summed E-state index contributed by atoms with van der Waals surface area (Å²) in [6.45, 7) is 5.69. The zero-order valence-electron chi connectivity index (χ0n) is 17.5. The number of hydrogen-bond donors (Lipinski definition) is 2. The number of rotatable bonds is 6. The number of piperidine rings is 1. The fourth-order valence-corrected chi connectivity index (χ4v) is 4.95. The second-order valence-corrected chi connectivity index (χ2v) is 8.74. The van der Waals surface area contributed by atoms with Gasteiger partial charge in [-0.2, -0.15) is 9.47 Å². The number of halogens is 1. The largest absolute Gasteiger partial charge is 0.328 e. The summed E-state index contributed by atoms with van der Waals surface area (Å²) in [6, 6.07) is 2.30. The van der Waals surface area contributed by atoms with Crippen LogP contribution in [0.1, 0.15) is 43.6 Å². The Bertz CT molecular complexity index is 1160. The molecule has 31 heavy (non-hydrogen) atoms. The van der Waals surface area contributed by atoms with Gasteiger partial charge in [-0.3, -0.25) is 14.4 Å². The third kappa shape index (κ3) is 3.92. The van der Waals surface area contributed by atoms with Crippen molar-refractivity contribution in [3.8, 4) is 11.3 Å². The molecule has 162 valence electrons. The molecule has 0 saturated carbocycles. The van der Waals surface area contributed by atoms with E-state index in [2.05, 4.69) is 43.4 Å². The molecule has 1 fully saturated rings. The number of hydrogen-bond acceptors (Lipinski definition) is 7. The van der Waals surface area contributed by atoms with Crippen molar-refractivity contribution in [3.63, 3.8) is 0 Å². The maximum absolute atomic E-state index is 13.6. The average molecular weight is 441 g/mol. The lowest BCUT2D eigenvalue weighted by Crippen LogP contribution is -2.37. The number of nitrogens with zero attached hydrogens (tertiary/aromatic N) is 6. The van der Waals surface area contributed by atoms with Gasteiger partial charge in [-0.05, 0) is 43.8 Å². The fourth-order valence-electron chi connectivity index (χ4n) is 4.25. The van der Waals surface area contributed by atoms with Gasteiger partial charge < -0.3 is 5.32 Å². The van der Waals surface area contributed by atoms with E-state index in [0.29, 0.717) is 18.7 Å². The molecule has 8 nitrogen and oxygen atoms in total. The summed E-state index contributed by atoms with van der Waals surface area (Å²) in [4.78, 5) is 11.6. The zero-order chi connectivity index (χ0) is 21.4. The van der Waals surface area contributed by atoms with E-state index in [-0.39, 0.29) is 6.04 Å². The van der Waals surface area contributed by atoms with Gasteiger partial charge in [-0.25, -0.2) is 14.4 Å². The summed E-state index contributed by atoms with van der Waals surface area (Å²) in [6.07, 6.45) is 8.91. The highest BCUT2D eigenvalue weighted by Gasteiger charge is 2.26. The van der Waals surface area contributed by atoms with Gasteiger partial charge in [0.05, 0.1) is 35.5 Å². The predicted molar refractivity (Wildman–Crippen MR) is 119 cm³/mol. The van der Waals surface area contributed by atoms with Gasteiger partial charge in [0, 0.05) is 31.0 Å². The third-order valence-corrected chi connectivity index (χ3v) is 6.52. The summed E-state index contributed by atoms with van der Waals surface area (Å²) >= 11 is 1.42. The van der Waals surface area contributed by atoms with Gasteiger partial charge in [0.1, 0.15) is 11.2 Å². The summed E-state index contributed by atoms with van der Waals surface area (Å²) in [7, 11) is 0. The molecule has 1 unspecified atom stereocenters. The smallest absolute Gasteiger partial charge is 0.180 e. The minimum atomic E-state index is -0.669. The lowest BCUT2D eigenvalue weighted by Gasteiger charge is -2.34. The average Bonchev–Trinajstić information content (AvgIpc) is 3.51. The van der Waals surface area contributed by atoms with Crippen molar-refractivity contribution in [1.82, 2.24) is 33.8 Å². The molecular weight excluding hydrogens is 415 g/mol. The Morgan fingerprint density at radius 2 is 2.16 bits per heavy atom. The molecule has 1 aliphatic rings. The molecule has 0 spiro atoms. The molecule has 2 N–H and O–H groups in total. The van der Waals surface area contributed by atoms with E-state index in [1.807, 2.05) is 29.9 Å². The maximum atomic E-state index is 13.6. The molecule has 5 heterocycles. The van der Waals surface area contributed by atoms with Crippen LogP contribution >= 0.6 is 11.5 Å². The second-order valence-electron chi connectivity index (χ2n) is 7.93. The molecule has 4 aromatic heterocycles. The molecular formula is C21H25FN8S. The molecule has 0 bridgehead atoms. The number of fused-ring (bicyclic) bond motifs is 1. The quantitative estimate of drug-likeness (QED) is 0.459. The first-order chi connectivity index (χ1) is 15.1. The number of aromatic amines is 1. The Hall–Kier alpha value is -2.85. The number of imidazole rings is 1. The fraction of sp³-hybridized carbons (Fsp3) is 0.429. The Morgan fingerprint density at radius 1 is 1.32 bits per heavy atom. The molecule has 5 rings (SSSR count). The van der Waals surface area contributed by atoms with Gasteiger partial charge in [-0.15, -0.1) is 0 Å². The van der Waals surface area contributed by atoms with E-state index in [9.17, 15) is 4.39 Å². The zero-order valence-corrected chi connectivity index (χ0v) is 18.4. The summed E-state index contributed by atoms with van der Waals surface area (Å²) in [5.41, 5.74) is 4.56. The van der Waals surface area contributed by atoms with Crippen LogP contribution in [0.5, 0.6) is 0 Å². The highest BCUT2D eigenvalue weighted by Crippen LogP contribution is 2.32. The van der Waals surface area contributed by atoms with E-state index in [0.717, 1.165) is 52.8 Å². The van der Waals surface area contributed by atoms with Crippen LogP contribution in [0.2, 0.25) is 0 Å². The van der Waals surface area contributed by atoms with Crippen molar-refractivity contribution in [3.05, 3.63) is 42.2 Å². The van der Waals surface area contributed by atoms with Crippen molar-refractivity contribution >= 4 is 28.0 Å². The summed E-state index contributed by atoms with van der Waals surface area (Å²) in [5.74, 6) is 0.691. The van der Waals surface area contributed by atoms with E-state index < -0.39 is 6.17 Å². The second kappa shape index (κ2) is 8.35. The maximum Gasteiger partial charge on any atom is 0.180 e. The topological polar surface area (TPSA) is 87.0 Å². The molecule has 1 aliphatic heterocycles. The van der Waals surface area contributed by atoms with Gasteiger partial charge in [0.15, 0.2) is 11.5 Å². The number of nitrogens with one attached hydrogen (secondary N) is 2. The lowest BCUT2D eigenvalue weighted by molar-refractivity contribution is 0.107. The summed E-state index contributed by atoms with van der Waals surface area (Å²) in [5, 5.41) is 11.2. The Balaban J connectivity index is 1.41. The molecule has 10 heteroatoms. The van der Waals surface area contributed by atoms with Crippen molar-refractivity contribution in [2.24, 2.45) is 0 Å². The molecule has 0 aromatic carbocycles. The molecule has 0 radical (unpaired) electrons. The monoisotopic (exact) mass is 440 g/mol. The van der Waals surface area contributed by atoms with E-state index in [1.54, 1.807) is 6.20 Å². The Morgan fingerprint density at radius 3 is 2.90 bits per heavy atom. The van der Waals surface area contributed by atoms with Gasteiger partial charge in [0.2, 0.25) is 0 Å². The normalized spacial score (nSPS) is 16.7. The van der Waals surface area contributed by atoms with Crippen LogP contribution in [0.3, 0.4) is 0 Å². The van der Waals surface area contributed by atoms with Crippen LogP contribution in [0.4, 0.5) is 15.2 Å². The number of aryl methyl sites for hydroxylation is 1. The highest BCUT2D eigenvalue weighted by molar-refractivity contribution is 7.10. The molecule has 0 aliphatic carbocycles. The number of anilines is 2. The van der Waals surface area contributed by atoms with E-state index in [1.165, 1.54) is 11.5 Å². The van der Waals surface area contributed by atoms with Crippen molar-refractivity contribution in [2.75, 3.05) is 18.4 Å². The first kappa shape index (κ1) is 20.1. The number of aromatic nitrogens is 6. The van der Waals surface area contributed by atoms with Crippen molar-refractivity contribution < 1.29 is 4.39 Å². The van der Waals surface area contributed by atoms with E-state index >= 15 is 0 Å². The van der Waals surface area contributed by atoms with Crippen molar-refractivity contribution in [1.29, 1.82) is 0 Å². The SMILES string of the molecule is CCC(c1cc(Nc2nc(C)cn3c(-c4cn[nH]c4)cnc23)sn1)N1CCC(F)CC1. The number of likely N-dealkylation sites (tertiary alicyclic amines) is 1. The minimum Gasteiger partial charge on any atom is -0.328 e. The molecule has 1 saturated heterocycles. The Kier molecular flexibility index (Phi) is 5.41. The van der Waals surface area contributed by atoms with Gasteiger partial charge >= 0.3 is 0 Å². The predicted octanol–water partition coefficient (Wildman–Crippen LogP) is 4.51. The standard InChI is InChI=1S/C21H25FN8S/c1-3-17(29-6-4-15(22)5-7-29)16-8-19(31-28-16)27-20-21-23-11-18(14-9-24-25-10-14)30(21)12-13(2)26-20/h8-12,15,17H,3-7H2,1-2H3,(H,24,25)(H,26,27). The van der Waals surface area contributed by atoms with Crippen LogP contribution in [0.15, 0.2) is 30.9 Å². The van der Waals surface area contributed by atoms with Gasteiger partial charge in [-0.1, -0.05) is 6.92 Å². The van der Waals surface area contributed by atoms with Crippen molar-refractivity contribution in [2.45, 2.75) is 45.3 Å². The molecule has 0 amide bonds. The van der Waals surface area contributed by atoms with Crippen LogP contribution in [-0.4, -0.2) is 53.1 Å². The highest BCUT2D eigenvalue weighted by atomic mass is 32.1. The van der Waals surface area contributed by atoms with Crippen LogP contribution in [0, 0.1) is 6.92 Å². The third-order valence-electron chi connectivity index (χ3n) is 5.80. The first-order valence-corrected chi connectivity index (χ1v) is 11.4. The number of H-pyrrole nitrogens is 1. The minimum absolute atomic E-state index is 0.212. The lowest BCUT2D eigenvalue weighted by atomic mass is 10.0. The van der Waals surface area contributed by atoms with Gasteiger partial charge in [0.25, 0.3) is 0 Å². The summed E-state index contributed by atoms with van der Waals surface area (Å²) < 4.78 is 20.3. The van der Waals surface area contributed by atoms with E-state index in [4.69, 9.17) is 4.37 Å². The first-order valence-electron chi connectivity index (χ1n) is 10.6. The molecule has 1 atom stereocenters. The molecule has 4 aromatic rings. The van der Waals surface area contributed by atoms with Crippen LogP contribution in [0.25, 0.3) is 16.9 Å². The van der Waals surface area contributed by atoms with Crippen LogP contribution < -0.4 is 5.32 Å². The Labute approximate surface area is 183 Å².